The zero-order chi connectivity index (χ0) is 17.2. The van der Waals surface area contributed by atoms with Crippen molar-refractivity contribution in [3.05, 3.63) is 0 Å². The third kappa shape index (κ3) is 3.78. The van der Waals surface area contributed by atoms with Crippen LogP contribution in [0.3, 0.4) is 0 Å². The molecule has 0 aromatic carbocycles. The predicted molar refractivity (Wildman–Crippen MR) is 95.4 cm³/mol. The van der Waals surface area contributed by atoms with Gasteiger partial charge in [0.2, 0.25) is 11.8 Å². The molecule has 4 aliphatic rings. The molecule has 0 saturated heterocycles. The lowest BCUT2D eigenvalue weighted by Crippen LogP contribution is -2.54. The number of carbonyl (C=O) groups is 2. The Morgan fingerprint density at radius 3 is 1.62 bits per heavy atom. The molecule has 4 rings (SSSR count). The van der Waals surface area contributed by atoms with Crippen LogP contribution in [-0.2, 0) is 9.59 Å². The van der Waals surface area contributed by atoms with Gasteiger partial charge in [-0.15, -0.1) is 0 Å². The van der Waals surface area contributed by atoms with Crippen molar-refractivity contribution in [2.75, 3.05) is 13.1 Å². The van der Waals surface area contributed by atoms with E-state index in [1.165, 1.54) is 32.1 Å². The molecule has 0 heterocycles. The molecular weight excluding hydrogens is 300 g/mol. The summed E-state index contributed by atoms with van der Waals surface area (Å²) < 4.78 is 0. The van der Waals surface area contributed by atoms with E-state index < -0.39 is 0 Å². The second-order valence-corrected chi connectivity index (χ2v) is 9.01. The van der Waals surface area contributed by atoms with Crippen LogP contribution in [0.2, 0.25) is 0 Å². The maximum Gasteiger partial charge on any atom is 0.220 e. The van der Waals surface area contributed by atoms with Gasteiger partial charge < -0.3 is 10.6 Å². The van der Waals surface area contributed by atoms with Gasteiger partial charge in [0.25, 0.3) is 0 Å². The molecule has 4 heteroatoms. The molecule has 0 aromatic heterocycles. The zero-order valence-corrected chi connectivity index (χ0v) is 15.5. The summed E-state index contributed by atoms with van der Waals surface area (Å²) in [6, 6.07) is 0. The normalized spacial score (nSPS) is 36.6. The molecule has 0 radical (unpaired) electrons. The van der Waals surface area contributed by atoms with E-state index in [0.29, 0.717) is 12.8 Å². The third-order valence-corrected chi connectivity index (χ3v) is 6.52. The highest BCUT2D eigenvalue weighted by Gasteiger charge is 2.58. The van der Waals surface area contributed by atoms with Crippen molar-refractivity contribution < 1.29 is 9.59 Å². The first-order chi connectivity index (χ1) is 11.5. The number of rotatable bonds is 8. The molecule has 4 nitrogen and oxygen atoms in total. The summed E-state index contributed by atoms with van der Waals surface area (Å²) in [5.41, 5.74) is 0.347. The predicted octanol–water partition coefficient (Wildman–Crippen LogP) is 3.41. The first kappa shape index (κ1) is 17.8. The molecule has 2 amide bonds. The van der Waals surface area contributed by atoms with Gasteiger partial charge in [-0.05, 0) is 74.0 Å². The molecule has 0 unspecified atom stereocenters. The second-order valence-electron chi connectivity index (χ2n) is 9.01. The minimum absolute atomic E-state index is 0.174. The maximum atomic E-state index is 12.4. The molecule has 4 aliphatic carbocycles. The lowest BCUT2D eigenvalue weighted by molar-refractivity contribution is -0.146. The topological polar surface area (TPSA) is 58.2 Å². The van der Waals surface area contributed by atoms with Crippen LogP contribution in [0.15, 0.2) is 0 Å². The monoisotopic (exact) mass is 334 g/mol. The van der Waals surface area contributed by atoms with Crippen LogP contribution in [0.25, 0.3) is 0 Å². The Kier molecular flexibility index (Phi) is 5.22. The van der Waals surface area contributed by atoms with Crippen LogP contribution in [0.1, 0.15) is 78.1 Å². The quantitative estimate of drug-likeness (QED) is 0.715. The number of amides is 2. The second kappa shape index (κ2) is 7.05. The fourth-order valence-electron chi connectivity index (χ4n) is 6.40. The lowest BCUT2D eigenvalue weighted by Gasteiger charge is -2.62. The van der Waals surface area contributed by atoms with Crippen LogP contribution >= 0.6 is 0 Å². The van der Waals surface area contributed by atoms with Crippen LogP contribution in [0.4, 0.5) is 0 Å². The zero-order valence-electron chi connectivity index (χ0n) is 15.5. The summed E-state index contributed by atoms with van der Waals surface area (Å²) in [5.74, 6) is 1.93. The standard InChI is InChI=1S/C20H34N2O2/c1-3-5-21-17(23)12-19-8-15-7-16(9-19)11-20(10-15,14-19)13-18(24)22-6-4-2/h15-16H,3-14H2,1-2H3,(H,21,23)(H,22,24). The van der Waals surface area contributed by atoms with Gasteiger partial charge in [0.15, 0.2) is 0 Å². The summed E-state index contributed by atoms with van der Waals surface area (Å²) in [5, 5.41) is 6.14. The van der Waals surface area contributed by atoms with E-state index in [0.717, 1.165) is 44.2 Å². The maximum absolute atomic E-state index is 12.4. The van der Waals surface area contributed by atoms with Crippen molar-refractivity contribution in [3.8, 4) is 0 Å². The summed E-state index contributed by atoms with van der Waals surface area (Å²) in [6.45, 7) is 5.75. The highest BCUT2D eigenvalue weighted by atomic mass is 16.2. The molecule has 0 aliphatic heterocycles. The lowest BCUT2D eigenvalue weighted by atomic mass is 9.43. The summed E-state index contributed by atoms with van der Waals surface area (Å²) in [6.07, 6.45) is 10.6. The minimum Gasteiger partial charge on any atom is -0.356 e. The SMILES string of the molecule is CCCNC(=O)CC12CC3CC(C1)CC(CC(=O)NCCC)(C3)C2. The van der Waals surface area contributed by atoms with E-state index in [1.54, 1.807) is 0 Å². The average molecular weight is 335 g/mol. The Labute approximate surface area is 146 Å². The van der Waals surface area contributed by atoms with Gasteiger partial charge in [-0.1, -0.05) is 13.8 Å². The van der Waals surface area contributed by atoms with Gasteiger partial charge in [0.05, 0.1) is 0 Å². The van der Waals surface area contributed by atoms with Gasteiger partial charge in [-0.3, -0.25) is 9.59 Å². The summed E-state index contributed by atoms with van der Waals surface area (Å²) >= 11 is 0. The number of hydrogen-bond donors (Lipinski definition) is 2. The van der Waals surface area contributed by atoms with Crippen LogP contribution in [0, 0.1) is 22.7 Å². The molecular formula is C20H34N2O2. The van der Waals surface area contributed by atoms with Crippen LogP contribution < -0.4 is 10.6 Å². The first-order valence-electron chi connectivity index (χ1n) is 10.0. The number of nitrogens with one attached hydrogen (secondary N) is 2. The molecule has 4 saturated carbocycles. The Morgan fingerprint density at radius 2 is 1.25 bits per heavy atom. The van der Waals surface area contributed by atoms with Crippen molar-refractivity contribution >= 4 is 11.8 Å². The Morgan fingerprint density at radius 1 is 0.833 bits per heavy atom. The van der Waals surface area contributed by atoms with Gasteiger partial charge in [0.1, 0.15) is 0 Å². The number of hydrogen-bond acceptors (Lipinski definition) is 2. The van der Waals surface area contributed by atoms with Crippen LogP contribution in [-0.4, -0.2) is 24.9 Å². The molecule has 136 valence electrons. The summed E-state index contributed by atoms with van der Waals surface area (Å²) in [4.78, 5) is 24.7. The van der Waals surface area contributed by atoms with Crippen molar-refractivity contribution in [1.82, 2.24) is 10.6 Å². The molecule has 2 N–H and O–H groups in total. The summed E-state index contributed by atoms with van der Waals surface area (Å²) in [7, 11) is 0. The smallest absolute Gasteiger partial charge is 0.220 e. The van der Waals surface area contributed by atoms with Gasteiger partial charge in [-0.2, -0.15) is 0 Å². The van der Waals surface area contributed by atoms with E-state index in [1.807, 2.05) is 0 Å². The molecule has 24 heavy (non-hydrogen) atoms. The molecule has 0 atom stereocenters. The van der Waals surface area contributed by atoms with E-state index >= 15 is 0 Å². The number of carbonyl (C=O) groups excluding carboxylic acids is 2. The Hall–Kier alpha value is -1.06. The Balaban J connectivity index is 1.67. The van der Waals surface area contributed by atoms with Crippen molar-refractivity contribution in [2.24, 2.45) is 22.7 Å². The van der Waals surface area contributed by atoms with E-state index in [4.69, 9.17) is 0 Å². The largest absolute Gasteiger partial charge is 0.356 e. The minimum atomic E-state index is 0.174. The van der Waals surface area contributed by atoms with Crippen molar-refractivity contribution in [1.29, 1.82) is 0 Å². The van der Waals surface area contributed by atoms with E-state index in [-0.39, 0.29) is 22.6 Å². The fourth-order valence-corrected chi connectivity index (χ4v) is 6.40. The van der Waals surface area contributed by atoms with Crippen molar-refractivity contribution in [3.63, 3.8) is 0 Å². The molecule has 4 fully saturated rings. The Bertz CT molecular complexity index is 434. The molecule has 0 aromatic rings. The highest BCUT2D eigenvalue weighted by Crippen LogP contribution is 2.67. The average Bonchev–Trinajstić information content (AvgIpc) is 2.48. The van der Waals surface area contributed by atoms with Crippen LogP contribution in [0.5, 0.6) is 0 Å². The van der Waals surface area contributed by atoms with Gasteiger partial charge >= 0.3 is 0 Å². The van der Waals surface area contributed by atoms with E-state index in [9.17, 15) is 9.59 Å². The molecule has 4 bridgehead atoms. The highest BCUT2D eigenvalue weighted by molar-refractivity contribution is 5.77. The van der Waals surface area contributed by atoms with Crippen molar-refractivity contribution in [2.45, 2.75) is 78.1 Å². The van der Waals surface area contributed by atoms with Gasteiger partial charge in [0, 0.05) is 25.9 Å². The van der Waals surface area contributed by atoms with E-state index in [2.05, 4.69) is 24.5 Å². The third-order valence-electron chi connectivity index (χ3n) is 6.52. The van der Waals surface area contributed by atoms with Gasteiger partial charge in [-0.25, -0.2) is 0 Å². The fraction of sp³-hybridized carbons (Fsp3) is 0.900. The molecule has 0 spiro atoms. The first-order valence-corrected chi connectivity index (χ1v) is 10.0.